The zero-order valence-electron chi connectivity index (χ0n) is 11.9. The normalized spacial score (nSPS) is 10.5. The third-order valence-electron chi connectivity index (χ3n) is 3.23. The van der Waals surface area contributed by atoms with Gasteiger partial charge >= 0.3 is 0 Å². The maximum Gasteiger partial charge on any atom is 0.272 e. The third kappa shape index (κ3) is 2.99. The number of hydrogen-bond donors (Lipinski definition) is 1. The molecule has 5 heteroatoms. The zero-order chi connectivity index (χ0) is 14.5. The van der Waals surface area contributed by atoms with Crippen molar-refractivity contribution in [2.45, 2.75) is 19.9 Å². The number of amides is 1. The summed E-state index contributed by atoms with van der Waals surface area (Å²) < 4.78 is 1.74. The fourth-order valence-corrected chi connectivity index (χ4v) is 2.13. The molecule has 1 aromatic heterocycles. The second-order valence-corrected chi connectivity index (χ2v) is 4.82. The summed E-state index contributed by atoms with van der Waals surface area (Å²) >= 11 is 0. The van der Waals surface area contributed by atoms with Gasteiger partial charge in [0.25, 0.3) is 5.91 Å². The number of nitrogen functional groups attached to an aromatic ring is 1. The van der Waals surface area contributed by atoms with Crippen LogP contribution in [0.25, 0.3) is 0 Å². The molecule has 5 nitrogen and oxygen atoms in total. The highest BCUT2D eigenvalue weighted by molar-refractivity contribution is 5.92. The molecule has 1 heterocycles. The summed E-state index contributed by atoms with van der Waals surface area (Å²) in [6.07, 6.45) is 4.13. The van der Waals surface area contributed by atoms with Crippen LogP contribution in [-0.4, -0.2) is 26.9 Å². The average Bonchev–Trinajstić information content (AvgIpc) is 2.86. The molecule has 0 unspecified atom stereocenters. The molecule has 2 aromatic rings. The van der Waals surface area contributed by atoms with Gasteiger partial charge in [0.2, 0.25) is 0 Å². The fraction of sp³-hybridized carbons (Fsp3) is 0.333. The maximum absolute atomic E-state index is 12.6. The van der Waals surface area contributed by atoms with Crippen LogP contribution in [0.5, 0.6) is 0 Å². The van der Waals surface area contributed by atoms with Gasteiger partial charge in [-0.25, -0.2) is 4.98 Å². The molecule has 0 saturated heterocycles. The van der Waals surface area contributed by atoms with Crippen LogP contribution in [-0.2, 0) is 13.6 Å². The van der Waals surface area contributed by atoms with Gasteiger partial charge < -0.3 is 15.2 Å². The van der Waals surface area contributed by atoms with Gasteiger partial charge in [0.1, 0.15) is 5.69 Å². The molecule has 1 aromatic carbocycles. The van der Waals surface area contributed by atoms with Crippen LogP contribution in [0.2, 0.25) is 0 Å². The quantitative estimate of drug-likeness (QED) is 0.847. The van der Waals surface area contributed by atoms with Crippen LogP contribution >= 0.6 is 0 Å². The molecule has 0 saturated carbocycles. The van der Waals surface area contributed by atoms with Crippen molar-refractivity contribution >= 4 is 11.6 Å². The van der Waals surface area contributed by atoms with E-state index >= 15 is 0 Å². The highest BCUT2D eigenvalue weighted by Crippen LogP contribution is 2.15. The largest absolute Gasteiger partial charge is 0.398 e. The van der Waals surface area contributed by atoms with Crippen LogP contribution < -0.4 is 5.73 Å². The highest BCUT2D eigenvalue weighted by Gasteiger charge is 2.18. The number of carbonyl (C=O) groups is 1. The number of rotatable bonds is 5. The van der Waals surface area contributed by atoms with E-state index in [2.05, 4.69) is 11.9 Å². The molecule has 1 amide bonds. The number of hydrogen-bond acceptors (Lipinski definition) is 3. The Morgan fingerprint density at radius 3 is 2.75 bits per heavy atom. The average molecular weight is 272 g/mol. The minimum Gasteiger partial charge on any atom is -0.398 e. The molecule has 0 radical (unpaired) electrons. The molecule has 0 aliphatic heterocycles. The Labute approximate surface area is 119 Å². The highest BCUT2D eigenvalue weighted by atomic mass is 16.2. The molecular formula is C15H20N4O. The van der Waals surface area contributed by atoms with E-state index in [1.165, 1.54) is 0 Å². The summed E-state index contributed by atoms with van der Waals surface area (Å²) in [5, 5.41) is 0. The van der Waals surface area contributed by atoms with Gasteiger partial charge in [0, 0.05) is 25.8 Å². The molecule has 0 bridgehead atoms. The fourth-order valence-electron chi connectivity index (χ4n) is 2.13. The Hall–Kier alpha value is -2.30. The lowest BCUT2D eigenvalue weighted by Crippen LogP contribution is -2.32. The molecule has 0 atom stereocenters. The monoisotopic (exact) mass is 272 g/mol. The molecule has 2 rings (SSSR count). The van der Waals surface area contributed by atoms with Crippen LogP contribution in [0, 0.1) is 0 Å². The van der Waals surface area contributed by atoms with Crippen LogP contribution in [0.3, 0.4) is 0 Å². The summed E-state index contributed by atoms with van der Waals surface area (Å²) in [4.78, 5) is 18.4. The SMILES string of the molecule is CCCN(Cc1ccccc1N)C(=O)c1cncn1C. The number of anilines is 1. The lowest BCUT2D eigenvalue weighted by Gasteiger charge is -2.23. The third-order valence-corrected chi connectivity index (χ3v) is 3.23. The summed E-state index contributed by atoms with van der Waals surface area (Å²) in [6.45, 7) is 3.26. The zero-order valence-corrected chi connectivity index (χ0v) is 11.9. The number of imidazole rings is 1. The number of para-hydroxylation sites is 1. The van der Waals surface area contributed by atoms with Crippen molar-refractivity contribution in [2.24, 2.45) is 7.05 Å². The van der Waals surface area contributed by atoms with E-state index in [0.29, 0.717) is 24.5 Å². The van der Waals surface area contributed by atoms with Gasteiger partial charge in [-0.2, -0.15) is 0 Å². The van der Waals surface area contributed by atoms with Gasteiger partial charge in [-0.3, -0.25) is 4.79 Å². The van der Waals surface area contributed by atoms with E-state index in [-0.39, 0.29) is 5.91 Å². The van der Waals surface area contributed by atoms with Crippen molar-refractivity contribution in [1.29, 1.82) is 0 Å². The summed E-state index contributed by atoms with van der Waals surface area (Å²) in [7, 11) is 1.82. The van der Waals surface area contributed by atoms with E-state index in [9.17, 15) is 4.79 Å². The van der Waals surface area contributed by atoms with Gasteiger partial charge in [0.05, 0.1) is 12.5 Å². The first-order valence-corrected chi connectivity index (χ1v) is 6.72. The number of aryl methyl sites for hydroxylation is 1. The van der Waals surface area contributed by atoms with E-state index in [4.69, 9.17) is 5.73 Å². The first kappa shape index (κ1) is 14.1. The smallest absolute Gasteiger partial charge is 0.272 e. The second-order valence-electron chi connectivity index (χ2n) is 4.82. The lowest BCUT2D eigenvalue weighted by atomic mass is 10.1. The van der Waals surface area contributed by atoms with Crippen molar-refractivity contribution in [1.82, 2.24) is 14.5 Å². The Balaban J connectivity index is 2.21. The topological polar surface area (TPSA) is 64.2 Å². The number of aromatic nitrogens is 2. The molecule has 20 heavy (non-hydrogen) atoms. The molecule has 0 aliphatic rings. The molecule has 0 spiro atoms. The van der Waals surface area contributed by atoms with E-state index < -0.39 is 0 Å². The predicted octanol–water partition coefficient (Wildman–Crippen LogP) is 2.05. The summed E-state index contributed by atoms with van der Waals surface area (Å²) in [6, 6.07) is 7.64. The first-order valence-electron chi connectivity index (χ1n) is 6.72. The second kappa shape index (κ2) is 6.23. The van der Waals surface area contributed by atoms with Gasteiger partial charge in [-0.15, -0.1) is 0 Å². The van der Waals surface area contributed by atoms with Crippen molar-refractivity contribution in [2.75, 3.05) is 12.3 Å². The van der Waals surface area contributed by atoms with E-state index in [0.717, 1.165) is 12.0 Å². The number of nitrogens with zero attached hydrogens (tertiary/aromatic N) is 3. The molecule has 106 valence electrons. The van der Waals surface area contributed by atoms with Crippen molar-refractivity contribution in [3.63, 3.8) is 0 Å². The van der Waals surface area contributed by atoms with Crippen molar-refractivity contribution in [3.8, 4) is 0 Å². The lowest BCUT2D eigenvalue weighted by molar-refractivity contribution is 0.0734. The predicted molar refractivity (Wildman–Crippen MR) is 79.1 cm³/mol. The number of benzene rings is 1. The Morgan fingerprint density at radius 2 is 2.15 bits per heavy atom. The summed E-state index contributed by atoms with van der Waals surface area (Å²) in [5.74, 6) is -0.0184. The van der Waals surface area contributed by atoms with Crippen molar-refractivity contribution in [3.05, 3.63) is 48.0 Å². The number of nitrogens with two attached hydrogens (primary N) is 1. The Kier molecular flexibility index (Phi) is 4.40. The first-order chi connectivity index (χ1) is 9.63. The van der Waals surface area contributed by atoms with Gasteiger partial charge in [-0.05, 0) is 18.1 Å². The van der Waals surface area contributed by atoms with Gasteiger partial charge in [0.15, 0.2) is 0 Å². The van der Waals surface area contributed by atoms with E-state index in [1.807, 2.05) is 36.2 Å². The van der Waals surface area contributed by atoms with Crippen LogP contribution in [0.4, 0.5) is 5.69 Å². The summed E-state index contributed by atoms with van der Waals surface area (Å²) in [5.41, 5.74) is 8.23. The minimum atomic E-state index is -0.0184. The molecule has 2 N–H and O–H groups in total. The Morgan fingerprint density at radius 1 is 1.40 bits per heavy atom. The molecule has 0 aliphatic carbocycles. The molecule has 0 fully saturated rings. The molecular weight excluding hydrogens is 252 g/mol. The van der Waals surface area contributed by atoms with Crippen LogP contribution in [0.1, 0.15) is 29.4 Å². The standard InChI is InChI=1S/C15H20N4O/c1-3-8-19(10-12-6-4-5-7-13(12)16)15(20)14-9-17-11-18(14)2/h4-7,9,11H,3,8,10,16H2,1-2H3. The van der Waals surface area contributed by atoms with E-state index in [1.54, 1.807) is 17.1 Å². The minimum absolute atomic E-state index is 0.0184. The van der Waals surface area contributed by atoms with Gasteiger partial charge in [-0.1, -0.05) is 25.1 Å². The van der Waals surface area contributed by atoms with Crippen molar-refractivity contribution < 1.29 is 4.79 Å². The maximum atomic E-state index is 12.6. The Bertz CT molecular complexity index is 591. The van der Waals surface area contributed by atoms with Crippen LogP contribution in [0.15, 0.2) is 36.8 Å². The number of carbonyl (C=O) groups excluding carboxylic acids is 1.